The number of aromatic nitrogens is 1. The minimum atomic E-state index is -0.380. The molecule has 0 bridgehead atoms. The Bertz CT molecular complexity index is 717. The molecule has 3 rings (SSSR count). The number of carbonyl (C=O) groups excluding carboxylic acids is 1. The van der Waals surface area contributed by atoms with Gasteiger partial charge in [-0.1, -0.05) is 30.3 Å². The molecule has 22 heavy (non-hydrogen) atoms. The molecule has 0 saturated carbocycles. The van der Waals surface area contributed by atoms with Gasteiger partial charge in [0.15, 0.2) is 0 Å². The Morgan fingerprint density at radius 3 is 2.82 bits per heavy atom. The van der Waals surface area contributed by atoms with E-state index in [4.69, 9.17) is 9.15 Å². The maximum Gasteiger partial charge on any atom is 0.355 e. The van der Waals surface area contributed by atoms with Gasteiger partial charge in [-0.15, -0.1) is 0 Å². The van der Waals surface area contributed by atoms with Crippen LogP contribution in [0.15, 0.2) is 65.4 Å². The van der Waals surface area contributed by atoms with Crippen molar-refractivity contribution in [3.8, 4) is 0 Å². The lowest BCUT2D eigenvalue weighted by Gasteiger charge is -2.03. The zero-order chi connectivity index (χ0) is 15.2. The molecule has 112 valence electrons. The molecule has 5 heteroatoms. The summed E-state index contributed by atoms with van der Waals surface area (Å²) in [5.41, 5.74) is 2.18. The Balaban J connectivity index is 1.52. The summed E-state index contributed by atoms with van der Waals surface area (Å²) in [7, 11) is 0. The van der Waals surface area contributed by atoms with Gasteiger partial charge in [0.2, 0.25) is 0 Å². The Morgan fingerprint density at radius 2 is 2.05 bits per heavy atom. The SMILES string of the molecule is O=C(OCc1ccccc1)c1cc(NCc2ccco2)c[nH]1. The van der Waals surface area contributed by atoms with Crippen molar-refractivity contribution >= 4 is 11.7 Å². The number of aromatic amines is 1. The molecule has 0 atom stereocenters. The van der Waals surface area contributed by atoms with Crippen LogP contribution in [0.25, 0.3) is 0 Å². The molecule has 2 N–H and O–H groups in total. The van der Waals surface area contributed by atoms with Crippen LogP contribution in [0, 0.1) is 0 Å². The third-order valence-electron chi connectivity index (χ3n) is 3.16. The van der Waals surface area contributed by atoms with Crippen molar-refractivity contribution in [1.82, 2.24) is 4.98 Å². The number of anilines is 1. The highest BCUT2D eigenvalue weighted by molar-refractivity contribution is 5.88. The molecule has 0 aliphatic heterocycles. The minimum absolute atomic E-state index is 0.258. The number of esters is 1. The maximum absolute atomic E-state index is 12.0. The fraction of sp³-hybridized carbons (Fsp3) is 0.118. The molecular formula is C17H16N2O3. The topological polar surface area (TPSA) is 67.3 Å². The van der Waals surface area contributed by atoms with Crippen LogP contribution in [0.1, 0.15) is 21.8 Å². The summed E-state index contributed by atoms with van der Waals surface area (Å²) in [5.74, 6) is 0.448. The van der Waals surface area contributed by atoms with Crippen molar-refractivity contribution in [1.29, 1.82) is 0 Å². The van der Waals surface area contributed by atoms with Crippen molar-refractivity contribution in [3.63, 3.8) is 0 Å². The van der Waals surface area contributed by atoms with Crippen LogP contribution in [-0.4, -0.2) is 11.0 Å². The van der Waals surface area contributed by atoms with Gasteiger partial charge in [-0.2, -0.15) is 0 Å². The van der Waals surface area contributed by atoms with Gasteiger partial charge >= 0.3 is 5.97 Å². The number of hydrogen-bond acceptors (Lipinski definition) is 4. The van der Waals surface area contributed by atoms with E-state index >= 15 is 0 Å². The smallest absolute Gasteiger partial charge is 0.355 e. The standard InChI is InChI=1S/C17H16N2O3/c20-17(22-12-13-5-2-1-3-6-13)16-9-14(10-19-16)18-11-15-7-4-8-21-15/h1-10,18-19H,11-12H2. The van der Waals surface area contributed by atoms with Gasteiger partial charge < -0.3 is 19.5 Å². The first kappa shape index (κ1) is 14.0. The van der Waals surface area contributed by atoms with Crippen LogP contribution in [-0.2, 0) is 17.9 Å². The van der Waals surface area contributed by atoms with Crippen LogP contribution in [0.2, 0.25) is 0 Å². The third-order valence-corrected chi connectivity index (χ3v) is 3.16. The number of furan rings is 1. The summed E-state index contributed by atoms with van der Waals surface area (Å²) in [6.07, 6.45) is 3.35. The van der Waals surface area contributed by atoms with Crippen LogP contribution in [0.5, 0.6) is 0 Å². The fourth-order valence-electron chi connectivity index (χ4n) is 2.02. The van der Waals surface area contributed by atoms with Gasteiger partial charge in [0, 0.05) is 6.20 Å². The molecule has 2 heterocycles. The second kappa shape index (κ2) is 6.67. The largest absolute Gasteiger partial charge is 0.467 e. The first-order valence-corrected chi connectivity index (χ1v) is 6.97. The molecule has 3 aromatic rings. The van der Waals surface area contributed by atoms with E-state index in [9.17, 15) is 4.79 Å². The molecule has 0 saturated heterocycles. The van der Waals surface area contributed by atoms with Crippen molar-refractivity contribution in [3.05, 3.63) is 78.0 Å². The van der Waals surface area contributed by atoms with Crippen molar-refractivity contribution < 1.29 is 13.9 Å². The Labute approximate surface area is 127 Å². The highest BCUT2D eigenvalue weighted by Crippen LogP contribution is 2.13. The number of carbonyl (C=O) groups is 1. The molecule has 0 fully saturated rings. The van der Waals surface area contributed by atoms with Crippen LogP contribution >= 0.6 is 0 Å². The molecule has 5 nitrogen and oxygen atoms in total. The predicted molar refractivity (Wildman–Crippen MR) is 82.4 cm³/mol. The van der Waals surface area contributed by atoms with Crippen molar-refractivity contribution in [2.24, 2.45) is 0 Å². The Morgan fingerprint density at radius 1 is 1.18 bits per heavy atom. The minimum Gasteiger partial charge on any atom is -0.467 e. The Kier molecular flexibility index (Phi) is 4.25. The van der Waals surface area contributed by atoms with Gasteiger partial charge in [-0.3, -0.25) is 0 Å². The van der Waals surface area contributed by atoms with E-state index in [1.54, 1.807) is 18.5 Å². The van der Waals surface area contributed by atoms with E-state index in [1.165, 1.54) is 0 Å². The predicted octanol–water partition coefficient (Wildman–Crippen LogP) is 3.58. The molecule has 0 radical (unpaired) electrons. The van der Waals surface area contributed by atoms with Crippen LogP contribution < -0.4 is 5.32 Å². The van der Waals surface area contributed by atoms with Crippen LogP contribution in [0.4, 0.5) is 5.69 Å². The average Bonchev–Trinajstić information content (AvgIpc) is 3.23. The van der Waals surface area contributed by atoms with E-state index < -0.39 is 0 Å². The highest BCUT2D eigenvalue weighted by atomic mass is 16.5. The third kappa shape index (κ3) is 3.58. The van der Waals surface area contributed by atoms with Gasteiger partial charge in [0.05, 0.1) is 18.5 Å². The second-order valence-electron chi connectivity index (χ2n) is 4.80. The summed E-state index contributed by atoms with van der Waals surface area (Å²) >= 11 is 0. The molecule has 2 aromatic heterocycles. The summed E-state index contributed by atoms with van der Waals surface area (Å²) in [6, 6.07) is 15.0. The van der Waals surface area contributed by atoms with Crippen molar-refractivity contribution in [2.75, 3.05) is 5.32 Å². The van der Waals surface area contributed by atoms with E-state index in [0.29, 0.717) is 12.2 Å². The molecule has 1 aromatic carbocycles. The highest BCUT2D eigenvalue weighted by Gasteiger charge is 2.10. The summed E-state index contributed by atoms with van der Waals surface area (Å²) < 4.78 is 10.5. The monoisotopic (exact) mass is 296 g/mol. The molecule has 0 aliphatic rings. The summed E-state index contributed by atoms with van der Waals surface area (Å²) in [6.45, 7) is 0.817. The van der Waals surface area contributed by atoms with E-state index in [2.05, 4.69) is 10.3 Å². The van der Waals surface area contributed by atoms with Gasteiger partial charge in [-0.05, 0) is 23.8 Å². The lowest BCUT2D eigenvalue weighted by Crippen LogP contribution is -2.05. The number of hydrogen-bond donors (Lipinski definition) is 2. The zero-order valence-corrected chi connectivity index (χ0v) is 11.9. The van der Waals surface area contributed by atoms with Gasteiger partial charge in [-0.25, -0.2) is 4.79 Å². The first-order valence-electron chi connectivity index (χ1n) is 6.97. The number of rotatable bonds is 6. The normalized spacial score (nSPS) is 10.4. The molecular weight excluding hydrogens is 280 g/mol. The second-order valence-corrected chi connectivity index (χ2v) is 4.80. The van der Waals surface area contributed by atoms with E-state index in [-0.39, 0.29) is 12.6 Å². The molecule has 0 amide bonds. The summed E-state index contributed by atoms with van der Waals surface area (Å²) in [5, 5.41) is 3.16. The molecule has 0 unspecified atom stereocenters. The maximum atomic E-state index is 12.0. The van der Waals surface area contributed by atoms with Gasteiger partial charge in [0.1, 0.15) is 18.1 Å². The fourth-order valence-corrected chi connectivity index (χ4v) is 2.02. The van der Waals surface area contributed by atoms with E-state index in [0.717, 1.165) is 17.0 Å². The number of ether oxygens (including phenoxy) is 1. The number of nitrogens with one attached hydrogen (secondary N) is 2. The first-order chi connectivity index (χ1) is 10.8. The molecule has 0 aliphatic carbocycles. The number of benzene rings is 1. The lowest BCUT2D eigenvalue weighted by atomic mass is 10.2. The quantitative estimate of drug-likeness (QED) is 0.682. The summed E-state index contributed by atoms with van der Waals surface area (Å²) in [4.78, 5) is 14.9. The van der Waals surface area contributed by atoms with Gasteiger partial charge in [0.25, 0.3) is 0 Å². The average molecular weight is 296 g/mol. The molecule has 0 spiro atoms. The lowest BCUT2D eigenvalue weighted by molar-refractivity contribution is 0.0466. The Hall–Kier alpha value is -2.95. The zero-order valence-electron chi connectivity index (χ0n) is 11.9. The number of H-pyrrole nitrogens is 1. The van der Waals surface area contributed by atoms with Crippen LogP contribution in [0.3, 0.4) is 0 Å². The van der Waals surface area contributed by atoms with Crippen molar-refractivity contribution in [2.45, 2.75) is 13.2 Å². The van der Waals surface area contributed by atoms with E-state index in [1.807, 2.05) is 42.5 Å².